The van der Waals surface area contributed by atoms with Gasteiger partial charge in [-0.2, -0.15) is 0 Å². The summed E-state index contributed by atoms with van der Waals surface area (Å²) >= 11 is 6.04. The largest absolute Gasteiger partial charge is 0.361 e. The molecule has 126 valence electrons. The Kier molecular flexibility index (Phi) is 10.4. The molecule has 2 amide bonds. The van der Waals surface area contributed by atoms with Crippen molar-refractivity contribution >= 4 is 29.1 Å². The van der Waals surface area contributed by atoms with Crippen LogP contribution in [-0.2, 0) is 16.1 Å². The van der Waals surface area contributed by atoms with Crippen molar-refractivity contribution < 1.29 is 9.59 Å². The summed E-state index contributed by atoms with van der Waals surface area (Å²) in [5.41, 5.74) is 6.51. The van der Waals surface area contributed by atoms with Crippen molar-refractivity contribution in [2.45, 2.75) is 27.3 Å². The van der Waals surface area contributed by atoms with E-state index in [9.17, 15) is 9.59 Å². The number of primary amides is 1. The van der Waals surface area contributed by atoms with E-state index in [2.05, 4.69) is 4.99 Å². The minimum atomic E-state index is -1.00. The molecule has 1 aromatic carbocycles. The second-order valence-corrected chi connectivity index (χ2v) is 4.73. The fraction of sp³-hybridized carbons (Fsp3) is 0.353. The van der Waals surface area contributed by atoms with Crippen molar-refractivity contribution in [2.75, 3.05) is 13.6 Å². The lowest BCUT2D eigenvalue weighted by Gasteiger charge is -2.22. The molecule has 0 aliphatic rings. The predicted molar refractivity (Wildman–Crippen MR) is 95.4 cm³/mol. The van der Waals surface area contributed by atoms with E-state index in [1.165, 1.54) is 4.90 Å². The van der Waals surface area contributed by atoms with Crippen LogP contribution in [0.25, 0.3) is 0 Å². The molecule has 0 aromatic heterocycles. The second-order valence-electron chi connectivity index (χ2n) is 4.32. The Morgan fingerprint density at radius 1 is 1.26 bits per heavy atom. The van der Waals surface area contributed by atoms with Crippen molar-refractivity contribution in [3.63, 3.8) is 0 Å². The molecule has 0 bridgehead atoms. The molecular formula is C17H24ClN3O2. The predicted octanol–water partition coefficient (Wildman–Crippen LogP) is 2.74. The van der Waals surface area contributed by atoms with E-state index in [0.29, 0.717) is 10.7 Å². The molecule has 0 saturated carbocycles. The Morgan fingerprint density at radius 3 is 2.26 bits per heavy atom. The van der Waals surface area contributed by atoms with Gasteiger partial charge in [-0.25, -0.2) is 0 Å². The number of amides is 2. The molecule has 1 rings (SSSR count). The van der Waals surface area contributed by atoms with E-state index in [4.69, 9.17) is 17.3 Å². The lowest BCUT2D eigenvalue weighted by atomic mass is 10.2. The fourth-order valence-corrected chi connectivity index (χ4v) is 1.90. The van der Waals surface area contributed by atoms with Crippen LogP contribution in [-0.4, -0.2) is 36.0 Å². The van der Waals surface area contributed by atoms with Crippen molar-refractivity contribution in [3.05, 3.63) is 47.0 Å². The van der Waals surface area contributed by atoms with Gasteiger partial charge < -0.3 is 10.6 Å². The highest BCUT2D eigenvalue weighted by Crippen LogP contribution is 2.10. The lowest BCUT2D eigenvalue weighted by molar-refractivity contribution is -0.144. The Balaban J connectivity index is 0.00000232. The van der Waals surface area contributed by atoms with Gasteiger partial charge in [-0.15, -0.1) is 0 Å². The summed E-state index contributed by atoms with van der Waals surface area (Å²) in [6.07, 6.45) is 1.68. The van der Waals surface area contributed by atoms with Gasteiger partial charge in [0.1, 0.15) is 0 Å². The molecule has 0 spiro atoms. The molecule has 0 aliphatic heterocycles. The zero-order chi connectivity index (χ0) is 17.8. The third-order valence-corrected chi connectivity index (χ3v) is 3.29. The molecule has 0 aliphatic carbocycles. The van der Waals surface area contributed by atoms with Gasteiger partial charge in [-0.1, -0.05) is 61.9 Å². The fourth-order valence-electron chi connectivity index (χ4n) is 1.76. The Labute approximate surface area is 142 Å². The minimum Gasteiger partial charge on any atom is -0.361 e. The molecule has 0 radical (unpaired) electrons. The summed E-state index contributed by atoms with van der Waals surface area (Å²) in [6, 6.07) is 9.31. The van der Waals surface area contributed by atoms with E-state index in [0.717, 1.165) is 5.56 Å². The van der Waals surface area contributed by atoms with Gasteiger partial charge in [-0.3, -0.25) is 14.6 Å². The third-order valence-electron chi connectivity index (χ3n) is 2.85. The summed E-state index contributed by atoms with van der Waals surface area (Å²) in [5.74, 6) is -1.77. The average Bonchev–Trinajstić information content (AvgIpc) is 2.59. The summed E-state index contributed by atoms with van der Waals surface area (Å²) in [4.78, 5) is 28.5. The maximum Gasteiger partial charge on any atom is 0.312 e. The number of carbonyl (C=O) groups is 2. The highest BCUT2D eigenvalue weighted by Gasteiger charge is 2.21. The normalized spacial score (nSPS) is 11.3. The van der Waals surface area contributed by atoms with Gasteiger partial charge in [0.05, 0.1) is 17.3 Å². The third kappa shape index (κ3) is 7.10. The Bertz CT molecular complexity index is 568. The van der Waals surface area contributed by atoms with Crippen molar-refractivity contribution in [3.8, 4) is 0 Å². The van der Waals surface area contributed by atoms with Gasteiger partial charge in [0.15, 0.2) is 0 Å². The van der Waals surface area contributed by atoms with Crippen molar-refractivity contribution in [2.24, 2.45) is 10.7 Å². The zero-order valence-corrected chi connectivity index (χ0v) is 14.8. The monoisotopic (exact) mass is 337 g/mol. The van der Waals surface area contributed by atoms with Gasteiger partial charge in [0.2, 0.25) is 0 Å². The highest BCUT2D eigenvalue weighted by atomic mass is 35.5. The Morgan fingerprint density at radius 2 is 1.83 bits per heavy atom. The van der Waals surface area contributed by atoms with E-state index in [-0.39, 0.29) is 13.1 Å². The lowest BCUT2D eigenvalue weighted by Crippen LogP contribution is -2.42. The number of benzene rings is 1. The van der Waals surface area contributed by atoms with Crippen molar-refractivity contribution in [1.82, 2.24) is 4.90 Å². The van der Waals surface area contributed by atoms with E-state index in [1.807, 2.05) is 44.2 Å². The number of aliphatic imine (C=N–C) groups is 1. The van der Waals surface area contributed by atoms with Crippen LogP contribution in [0, 0.1) is 0 Å². The highest BCUT2D eigenvalue weighted by molar-refractivity contribution is 6.44. The topological polar surface area (TPSA) is 75.8 Å². The average molecular weight is 338 g/mol. The molecule has 0 heterocycles. The molecule has 2 N–H and O–H groups in total. The van der Waals surface area contributed by atoms with Crippen LogP contribution in [0.15, 0.2) is 46.4 Å². The van der Waals surface area contributed by atoms with Gasteiger partial charge in [-0.05, 0) is 12.5 Å². The maximum absolute atomic E-state index is 11.9. The number of carbonyl (C=O) groups excluding carboxylic acids is 2. The number of nitrogens with zero attached hydrogens (tertiary/aromatic N) is 2. The first-order valence-electron chi connectivity index (χ1n) is 7.40. The van der Waals surface area contributed by atoms with Crippen LogP contribution in [0.2, 0.25) is 0 Å². The SMILES string of the molecule is C/C=C(/Cl)C(CN(Cc1ccccc1)C(=O)C(N)=O)=NC.CC. The number of rotatable bonds is 5. The molecule has 6 heteroatoms. The molecule has 1 aromatic rings. The van der Waals surface area contributed by atoms with E-state index in [1.54, 1.807) is 20.0 Å². The Hall–Kier alpha value is -2.14. The van der Waals surface area contributed by atoms with Crippen molar-refractivity contribution in [1.29, 1.82) is 0 Å². The number of nitrogens with two attached hydrogens (primary N) is 1. The van der Waals surface area contributed by atoms with Gasteiger partial charge in [0, 0.05) is 13.6 Å². The van der Waals surface area contributed by atoms with Gasteiger partial charge >= 0.3 is 11.8 Å². The molecule has 23 heavy (non-hydrogen) atoms. The summed E-state index contributed by atoms with van der Waals surface area (Å²) in [7, 11) is 1.58. The molecule has 0 fully saturated rings. The molecular weight excluding hydrogens is 314 g/mol. The molecule has 0 atom stereocenters. The first-order chi connectivity index (χ1) is 11.0. The quantitative estimate of drug-likeness (QED) is 0.662. The van der Waals surface area contributed by atoms with Crippen LogP contribution < -0.4 is 5.73 Å². The van der Waals surface area contributed by atoms with Crippen LogP contribution in [0.4, 0.5) is 0 Å². The first kappa shape index (κ1) is 20.9. The number of hydrogen-bond acceptors (Lipinski definition) is 3. The number of allylic oxidation sites excluding steroid dienone is 1. The van der Waals surface area contributed by atoms with Crippen LogP contribution in [0.1, 0.15) is 26.3 Å². The minimum absolute atomic E-state index is 0.121. The second kappa shape index (κ2) is 11.4. The molecule has 5 nitrogen and oxygen atoms in total. The smallest absolute Gasteiger partial charge is 0.312 e. The van der Waals surface area contributed by atoms with Gasteiger partial charge in [0.25, 0.3) is 0 Å². The molecule has 0 saturated heterocycles. The first-order valence-corrected chi connectivity index (χ1v) is 7.77. The number of halogens is 1. The standard InChI is InChI=1S/C15H18ClN3O2.C2H6/c1-3-12(16)13(18-2)10-19(15(21)14(17)20)9-11-7-5-4-6-8-11;1-2/h3-8H,9-10H2,1-2H3,(H2,17,20);1-2H3/b12-3+,18-13?;. The van der Waals surface area contributed by atoms with E-state index < -0.39 is 11.8 Å². The number of hydrogen-bond donors (Lipinski definition) is 1. The van der Waals surface area contributed by atoms with Crippen LogP contribution in [0.5, 0.6) is 0 Å². The molecule has 0 unspecified atom stereocenters. The van der Waals surface area contributed by atoms with E-state index >= 15 is 0 Å². The summed E-state index contributed by atoms with van der Waals surface area (Å²) in [5, 5.41) is 0.438. The summed E-state index contributed by atoms with van der Waals surface area (Å²) < 4.78 is 0. The van der Waals surface area contributed by atoms with Crippen LogP contribution in [0.3, 0.4) is 0 Å². The maximum atomic E-state index is 11.9. The van der Waals surface area contributed by atoms with Crippen LogP contribution >= 0.6 is 11.6 Å². The zero-order valence-electron chi connectivity index (χ0n) is 14.0. The summed E-state index contributed by atoms with van der Waals surface area (Å²) in [6.45, 7) is 6.15.